The maximum Gasteiger partial charge on any atom is 0.249 e. The quantitative estimate of drug-likeness (QED) is 0.588. The van der Waals surface area contributed by atoms with Gasteiger partial charge in [-0.25, -0.2) is 0 Å². The Morgan fingerprint density at radius 2 is 1.63 bits per heavy atom. The zero-order valence-electron chi connectivity index (χ0n) is 14.3. The highest BCUT2D eigenvalue weighted by Crippen LogP contribution is 2.37. The van der Waals surface area contributed by atoms with E-state index in [4.69, 9.17) is 34.7 Å². The number of hydrogen-bond donors (Lipinski definition) is 3. The molecular formula is C21H18Cl2N2O2. The maximum absolute atomic E-state index is 12.0. The van der Waals surface area contributed by atoms with Crippen molar-refractivity contribution in [3.63, 3.8) is 0 Å². The van der Waals surface area contributed by atoms with Crippen molar-refractivity contribution >= 4 is 29.1 Å². The van der Waals surface area contributed by atoms with E-state index >= 15 is 0 Å². The lowest BCUT2D eigenvalue weighted by Gasteiger charge is -2.24. The Hall–Kier alpha value is -2.37. The first kappa shape index (κ1) is 19.4. The lowest BCUT2D eigenvalue weighted by molar-refractivity contribution is 0.0987. The molecule has 3 aromatic carbocycles. The second-order valence-electron chi connectivity index (χ2n) is 6.14. The molecule has 0 bridgehead atoms. The number of halogens is 2. The number of carbonyl (C=O) groups is 1. The predicted molar refractivity (Wildman–Crippen MR) is 109 cm³/mol. The van der Waals surface area contributed by atoms with Crippen LogP contribution < -0.4 is 11.5 Å². The number of amides is 1. The van der Waals surface area contributed by atoms with Gasteiger partial charge in [-0.1, -0.05) is 71.7 Å². The molecule has 4 nitrogen and oxygen atoms in total. The molecule has 0 spiro atoms. The highest BCUT2D eigenvalue weighted by Gasteiger charge is 2.26. The number of aliphatic hydroxyl groups excluding tert-OH is 1. The van der Waals surface area contributed by atoms with Gasteiger partial charge in [-0.3, -0.25) is 4.79 Å². The fraction of sp³-hybridized carbons (Fsp3) is 0.0952. The summed E-state index contributed by atoms with van der Waals surface area (Å²) in [6.45, 7) is 0. The Bertz CT molecular complexity index is 977. The summed E-state index contributed by atoms with van der Waals surface area (Å²) in [7, 11) is 0. The number of aliphatic hydroxyl groups is 1. The number of rotatable bonds is 5. The summed E-state index contributed by atoms with van der Waals surface area (Å²) in [5.74, 6) is -0.636. The van der Waals surface area contributed by atoms with Crippen LogP contribution in [0.1, 0.15) is 33.6 Å². The molecule has 6 heteroatoms. The van der Waals surface area contributed by atoms with Crippen LogP contribution in [0.15, 0.2) is 66.7 Å². The van der Waals surface area contributed by atoms with Gasteiger partial charge < -0.3 is 16.6 Å². The van der Waals surface area contributed by atoms with E-state index in [2.05, 4.69) is 0 Å². The third-order valence-electron chi connectivity index (χ3n) is 4.42. The van der Waals surface area contributed by atoms with Crippen LogP contribution in [0.3, 0.4) is 0 Å². The minimum Gasteiger partial charge on any atom is -0.386 e. The van der Waals surface area contributed by atoms with Gasteiger partial charge in [-0.15, -0.1) is 0 Å². The standard InChI is InChI=1S/C21H18Cl2N2O2/c22-16-10-9-13(11-17(16)23)19(24)20(26)18-14(12-5-2-1-3-6-12)7-4-8-15(18)21(25)27/h1-11,19-20,26H,24H2,(H2,25,27). The van der Waals surface area contributed by atoms with Crippen LogP contribution in [-0.2, 0) is 0 Å². The molecule has 27 heavy (non-hydrogen) atoms. The molecule has 0 saturated carbocycles. The third-order valence-corrected chi connectivity index (χ3v) is 5.16. The van der Waals surface area contributed by atoms with Crippen LogP contribution >= 0.6 is 23.2 Å². The highest BCUT2D eigenvalue weighted by atomic mass is 35.5. The molecule has 5 N–H and O–H groups in total. The van der Waals surface area contributed by atoms with Gasteiger partial charge in [0.1, 0.15) is 0 Å². The zero-order valence-corrected chi connectivity index (χ0v) is 15.8. The number of nitrogens with two attached hydrogens (primary N) is 2. The average molecular weight is 401 g/mol. The smallest absolute Gasteiger partial charge is 0.249 e. The highest BCUT2D eigenvalue weighted by molar-refractivity contribution is 6.42. The monoisotopic (exact) mass is 400 g/mol. The summed E-state index contributed by atoms with van der Waals surface area (Å²) in [5, 5.41) is 11.8. The van der Waals surface area contributed by atoms with Crippen LogP contribution in [0.25, 0.3) is 11.1 Å². The fourth-order valence-electron chi connectivity index (χ4n) is 3.05. The molecular weight excluding hydrogens is 383 g/mol. The summed E-state index contributed by atoms with van der Waals surface area (Å²) >= 11 is 12.0. The number of primary amides is 1. The molecule has 0 aliphatic carbocycles. The summed E-state index contributed by atoms with van der Waals surface area (Å²) in [5.41, 5.74) is 14.6. The van der Waals surface area contributed by atoms with E-state index in [1.165, 1.54) is 0 Å². The first-order valence-electron chi connectivity index (χ1n) is 8.27. The molecule has 0 aliphatic rings. The van der Waals surface area contributed by atoms with Crippen LogP contribution in [0, 0.1) is 0 Å². The molecule has 0 saturated heterocycles. The number of benzene rings is 3. The molecule has 2 unspecified atom stereocenters. The molecule has 0 fully saturated rings. The van der Waals surface area contributed by atoms with Crippen molar-refractivity contribution in [1.82, 2.24) is 0 Å². The molecule has 0 aromatic heterocycles. The van der Waals surface area contributed by atoms with E-state index in [-0.39, 0.29) is 5.56 Å². The van der Waals surface area contributed by atoms with Crippen LogP contribution in [-0.4, -0.2) is 11.0 Å². The first-order valence-corrected chi connectivity index (χ1v) is 9.02. The van der Waals surface area contributed by atoms with Gasteiger partial charge in [-0.05, 0) is 34.9 Å². The molecule has 138 valence electrons. The fourth-order valence-corrected chi connectivity index (χ4v) is 3.36. The van der Waals surface area contributed by atoms with Crippen LogP contribution in [0.5, 0.6) is 0 Å². The summed E-state index contributed by atoms with van der Waals surface area (Å²) in [6.07, 6.45) is -1.18. The van der Waals surface area contributed by atoms with Gasteiger partial charge in [0.15, 0.2) is 0 Å². The minimum absolute atomic E-state index is 0.222. The molecule has 3 aromatic rings. The van der Waals surface area contributed by atoms with Crippen molar-refractivity contribution in [2.45, 2.75) is 12.1 Å². The Morgan fingerprint density at radius 1 is 0.926 bits per heavy atom. The topological polar surface area (TPSA) is 89.3 Å². The SMILES string of the molecule is NC(=O)c1cccc(-c2ccccc2)c1C(O)C(N)c1ccc(Cl)c(Cl)c1. The van der Waals surface area contributed by atoms with E-state index in [9.17, 15) is 9.90 Å². The van der Waals surface area contributed by atoms with Gasteiger partial charge in [0.05, 0.1) is 22.2 Å². The molecule has 0 aliphatic heterocycles. The van der Waals surface area contributed by atoms with Gasteiger partial charge in [0.2, 0.25) is 5.91 Å². The molecule has 0 radical (unpaired) electrons. The van der Waals surface area contributed by atoms with Gasteiger partial charge in [-0.2, -0.15) is 0 Å². The van der Waals surface area contributed by atoms with Crippen molar-refractivity contribution in [3.8, 4) is 11.1 Å². The Balaban J connectivity index is 2.13. The molecule has 1 amide bonds. The van der Waals surface area contributed by atoms with Crippen molar-refractivity contribution in [2.24, 2.45) is 11.5 Å². The molecule has 3 rings (SSSR count). The normalized spacial score (nSPS) is 13.2. The average Bonchev–Trinajstić information content (AvgIpc) is 2.69. The summed E-state index contributed by atoms with van der Waals surface area (Å²) < 4.78 is 0. The van der Waals surface area contributed by atoms with E-state index < -0.39 is 18.1 Å². The van der Waals surface area contributed by atoms with E-state index in [0.29, 0.717) is 26.7 Å². The second kappa shape index (κ2) is 8.11. The largest absolute Gasteiger partial charge is 0.386 e. The summed E-state index contributed by atoms with van der Waals surface area (Å²) in [6, 6.07) is 18.6. The molecule has 0 heterocycles. The van der Waals surface area contributed by atoms with Gasteiger partial charge in [0.25, 0.3) is 0 Å². The van der Waals surface area contributed by atoms with Crippen LogP contribution in [0.4, 0.5) is 0 Å². The third kappa shape index (κ3) is 3.99. The van der Waals surface area contributed by atoms with Gasteiger partial charge >= 0.3 is 0 Å². The predicted octanol–water partition coefficient (Wildman–Crippen LogP) is 4.49. The Morgan fingerprint density at radius 3 is 2.26 bits per heavy atom. The number of hydrogen-bond acceptors (Lipinski definition) is 3. The lowest BCUT2D eigenvalue weighted by Crippen LogP contribution is -2.24. The van der Waals surface area contributed by atoms with Crippen molar-refractivity contribution in [2.75, 3.05) is 0 Å². The Labute approximate surface area is 167 Å². The van der Waals surface area contributed by atoms with Crippen molar-refractivity contribution < 1.29 is 9.90 Å². The summed E-state index contributed by atoms with van der Waals surface area (Å²) in [4.78, 5) is 12.0. The van der Waals surface area contributed by atoms with Gasteiger partial charge in [0, 0.05) is 11.1 Å². The second-order valence-corrected chi connectivity index (χ2v) is 6.96. The maximum atomic E-state index is 12.0. The van der Waals surface area contributed by atoms with E-state index in [1.807, 2.05) is 36.4 Å². The first-order chi connectivity index (χ1) is 12.9. The minimum atomic E-state index is -1.18. The van der Waals surface area contributed by atoms with Crippen molar-refractivity contribution in [3.05, 3.63) is 93.5 Å². The van der Waals surface area contributed by atoms with Crippen molar-refractivity contribution in [1.29, 1.82) is 0 Å². The van der Waals surface area contributed by atoms with E-state index in [1.54, 1.807) is 30.3 Å². The van der Waals surface area contributed by atoms with Crippen LogP contribution in [0.2, 0.25) is 10.0 Å². The number of carbonyl (C=O) groups excluding carboxylic acids is 1. The molecule has 2 atom stereocenters. The Kier molecular flexibility index (Phi) is 5.82. The lowest BCUT2D eigenvalue weighted by atomic mass is 9.87. The zero-order chi connectivity index (χ0) is 19.6. The van der Waals surface area contributed by atoms with E-state index in [0.717, 1.165) is 5.56 Å².